The maximum absolute atomic E-state index is 11.7. The highest BCUT2D eigenvalue weighted by Gasteiger charge is 2.14. The Balaban J connectivity index is 1.55. The normalized spacial score (nSPS) is 10.8. The summed E-state index contributed by atoms with van der Waals surface area (Å²) in [7, 11) is 0. The molecular formula is C21H17N3O2. The average molecular weight is 343 g/mol. The Kier molecular flexibility index (Phi) is 4.11. The molecule has 0 aliphatic heterocycles. The Morgan fingerprint density at radius 2 is 1.69 bits per heavy atom. The Labute approximate surface area is 150 Å². The van der Waals surface area contributed by atoms with Crippen molar-refractivity contribution in [2.75, 3.05) is 5.32 Å². The summed E-state index contributed by atoms with van der Waals surface area (Å²) in [4.78, 5) is 15.8. The van der Waals surface area contributed by atoms with Crippen LogP contribution in [-0.4, -0.2) is 20.5 Å². The first-order chi connectivity index (χ1) is 12.7. The van der Waals surface area contributed by atoms with Gasteiger partial charge in [-0.15, -0.1) is 0 Å². The molecule has 5 nitrogen and oxygen atoms in total. The van der Waals surface area contributed by atoms with Gasteiger partial charge < -0.3 is 10.4 Å². The molecule has 128 valence electrons. The van der Waals surface area contributed by atoms with Crippen LogP contribution in [0.15, 0.2) is 79.1 Å². The molecular weight excluding hydrogens is 326 g/mol. The van der Waals surface area contributed by atoms with E-state index in [2.05, 4.69) is 34.6 Å². The number of carboxylic acids is 1. The summed E-state index contributed by atoms with van der Waals surface area (Å²) in [6, 6.07) is 22.0. The van der Waals surface area contributed by atoms with Crippen LogP contribution in [0.4, 0.5) is 5.69 Å². The number of imidazole rings is 1. The van der Waals surface area contributed by atoms with Gasteiger partial charge in [0.25, 0.3) is 0 Å². The quantitative estimate of drug-likeness (QED) is 0.567. The molecule has 0 amide bonds. The Hall–Kier alpha value is -3.60. The number of hydrogen-bond acceptors (Lipinski definition) is 3. The van der Waals surface area contributed by atoms with Crippen LogP contribution in [-0.2, 0) is 6.54 Å². The minimum Gasteiger partial charge on any atom is -0.476 e. The molecule has 2 aromatic carbocycles. The molecule has 0 aliphatic rings. The van der Waals surface area contributed by atoms with Crippen LogP contribution in [0.25, 0.3) is 16.8 Å². The third-order valence-electron chi connectivity index (χ3n) is 4.31. The van der Waals surface area contributed by atoms with Gasteiger partial charge in [-0.3, -0.25) is 4.40 Å². The number of benzene rings is 2. The van der Waals surface area contributed by atoms with Gasteiger partial charge in [-0.05, 0) is 28.8 Å². The molecule has 5 heteroatoms. The largest absolute Gasteiger partial charge is 0.476 e. The van der Waals surface area contributed by atoms with Crippen LogP contribution in [0.2, 0.25) is 0 Å². The van der Waals surface area contributed by atoms with Crippen molar-refractivity contribution in [2.45, 2.75) is 6.54 Å². The standard InChI is InChI=1S/C21H17N3O2/c25-21(26)20-18(10-11-19-22-12-13-24(19)20)23-14-15-6-8-17(9-7-15)16-4-2-1-3-5-16/h1-13,23H,14H2,(H,25,26). The van der Waals surface area contributed by atoms with Crippen LogP contribution in [0.3, 0.4) is 0 Å². The molecule has 0 unspecified atom stereocenters. The van der Waals surface area contributed by atoms with Gasteiger partial charge in [0.1, 0.15) is 5.65 Å². The van der Waals surface area contributed by atoms with Gasteiger partial charge >= 0.3 is 5.97 Å². The highest BCUT2D eigenvalue weighted by molar-refractivity contribution is 5.93. The summed E-state index contributed by atoms with van der Waals surface area (Å²) in [5.74, 6) is -0.990. The van der Waals surface area contributed by atoms with E-state index >= 15 is 0 Å². The van der Waals surface area contributed by atoms with Crippen LogP contribution in [0.1, 0.15) is 16.1 Å². The number of nitrogens with one attached hydrogen (secondary N) is 1. The first-order valence-electron chi connectivity index (χ1n) is 8.30. The number of nitrogens with zero attached hydrogens (tertiary/aromatic N) is 2. The number of anilines is 1. The molecule has 26 heavy (non-hydrogen) atoms. The van der Waals surface area contributed by atoms with Crippen LogP contribution >= 0.6 is 0 Å². The minimum absolute atomic E-state index is 0.181. The molecule has 0 bridgehead atoms. The summed E-state index contributed by atoms with van der Waals surface area (Å²) in [6.45, 7) is 0.537. The smallest absolute Gasteiger partial charge is 0.355 e. The Morgan fingerprint density at radius 3 is 2.42 bits per heavy atom. The molecule has 0 spiro atoms. The van der Waals surface area contributed by atoms with E-state index in [0.29, 0.717) is 17.9 Å². The lowest BCUT2D eigenvalue weighted by molar-refractivity contribution is 0.0690. The average Bonchev–Trinajstić information content (AvgIpc) is 3.15. The minimum atomic E-state index is -0.990. The zero-order valence-corrected chi connectivity index (χ0v) is 14.0. The molecule has 2 aromatic heterocycles. The number of aromatic carboxylic acids is 1. The molecule has 0 aliphatic carbocycles. The Bertz CT molecular complexity index is 1050. The maximum Gasteiger partial charge on any atom is 0.355 e. The molecule has 0 saturated heterocycles. The fourth-order valence-electron chi connectivity index (χ4n) is 3.00. The molecule has 0 radical (unpaired) electrons. The van der Waals surface area contributed by atoms with Crippen molar-refractivity contribution < 1.29 is 9.90 Å². The number of hydrogen-bond donors (Lipinski definition) is 2. The lowest BCUT2D eigenvalue weighted by atomic mass is 10.0. The fraction of sp³-hybridized carbons (Fsp3) is 0.0476. The predicted molar refractivity (Wildman–Crippen MR) is 101 cm³/mol. The number of carbonyl (C=O) groups is 1. The summed E-state index contributed by atoms with van der Waals surface area (Å²) in [5, 5.41) is 12.8. The second-order valence-electron chi connectivity index (χ2n) is 5.97. The summed E-state index contributed by atoms with van der Waals surface area (Å²) < 4.78 is 1.57. The third-order valence-corrected chi connectivity index (χ3v) is 4.31. The van der Waals surface area contributed by atoms with Gasteiger partial charge in [0.15, 0.2) is 5.69 Å². The zero-order valence-electron chi connectivity index (χ0n) is 14.0. The van der Waals surface area contributed by atoms with E-state index in [4.69, 9.17) is 0 Å². The molecule has 0 atom stereocenters. The lowest BCUT2D eigenvalue weighted by Crippen LogP contribution is -2.11. The van der Waals surface area contributed by atoms with Crippen molar-refractivity contribution in [3.63, 3.8) is 0 Å². The van der Waals surface area contributed by atoms with Gasteiger partial charge in [0.2, 0.25) is 0 Å². The molecule has 4 aromatic rings. The summed E-state index contributed by atoms with van der Waals surface area (Å²) >= 11 is 0. The van der Waals surface area contributed by atoms with E-state index in [0.717, 1.165) is 11.1 Å². The number of rotatable bonds is 5. The number of carboxylic acid groups (broad SMARTS) is 1. The maximum atomic E-state index is 11.7. The molecule has 0 saturated carbocycles. The van der Waals surface area contributed by atoms with Crippen molar-refractivity contribution in [2.24, 2.45) is 0 Å². The molecule has 2 heterocycles. The van der Waals surface area contributed by atoms with Crippen LogP contribution in [0, 0.1) is 0 Å². The van der Waals surface area contributed by atoms with Crippen molar-refractivity contribution in [1.29, 1.82) is 0 Å². The molecule has 4 rings (SSSR count). The molecule has 0 fully saturated rings. The van der Waals surface area contributed by atoms with Crippen molar-refractivity contribution in [3.8, 4) is 11.1 Å². The monoisotopic (exact) mass is 343 g/mol. The first-order valence-corrected chi connectivity index (χ1v) is 8.30. The van der Waals surface area contributed by atoms with Crippen LogP contribution in [0.5, 0.6) is 0 Å². The topological polar surface area (TPSA) is 66.6 Å². The SMILES string of the molecule is O=C(O)c1c(NCc2ccc(-c3ccccc3)cc2)ccc2nccn12. The van der Waals surface area contributed by atoms with Gasteiger partial charge in [0.05, 0.1) is 5.69 Å². The number of pyridine rings is 1. The second-order valence-corrected chi connectivity index (χ2v) is 5.97. The predicted octanol–water partition coefficient (Wildman–Crippen LogP) is 4.31. The first kappa shape index (κ1) is 15.9. The van der Waals surface area contributed by atoms with Gasteiger partial charge in [-0.1, -0.05) is 54.6 Å². The van der Waals surface area contributed by atoms with E-state index < -0.39 is 5.97 Å². The van der Waals surface area contributed by atoms with E-state index in [1.165, 1.54) is 5.56 Å². The third kappa shape index (κ3) is 3.02. The summed E-state index contributed by atoms with van der Waals surface area (Å²) in [5.41, 5.74) is 4.76. The van der Waals surface area contributed by atoms with E-state index in [1.54, 1.807) is 28.9 Å². The number of fused-ring (bicyclic) bond motifs is 1. The van der Waals surface area contributed by atoms with Crippen molar-refractivity contribution in [1.82, 2.24) is 9.38 Å². The fourth-order valence-corrected chi connectivity index (χ4v) is 3.00. The van der Waals surface area contributed by atoms with Crippen molar-refractivity contribution in [3.05, 3.63) is 90.4 Å². The highest BCUT2D eigenvalue weighted by Crippen LogP contribution is 2.21. The van der Waals surface area contributed by atoms with E-state index in [9.17, 15) is 9.90 Å². The second kappa shape index (κ2) is 6.72. The zero-order chi connectivity index (χ0) is 17.9. The Morgan fingerprint density at radius 1 is 0.962 bits per heavy atom. The van der Waals surface area contributed by atoms with Crippen molar-refractivity contribution >= 4 is 17.3 Å². The van der Waals surface area contributed by atoms with E-state index in [-0.39, 0.29) is 5.69 Å². The van der Waals surface area contributed by atoms with Gasteiger partial charge in [-0.2, -0.15) is 0 Å². The lowest BCUT2D eigenvalue weighted by Gasteiger charge is -2.12. The highest BCUT2D eigenvalue weighted by atomic mass is 16.4. The molecule has 2 N–H and O–H groups in total. The number of aromatic nitrogens is 2. The van der Waals surface area contributed by atoms with Gasteiger partial charge in [0, 0.05) is 18.9 Å². The van der Waals surface area contributed by atoms with Crippen LogP contribution < -0.4 is 5.32 Å². The summed E-state index contributed by atoms with van der Waals surface area (Å²) in [6.07, 6.45) is 3.24. The van der Waals surface area contributed by atoms with Gasteiger partial charge in [-0.25, -0.2) is 9.78 Å². The van der Waals surface area contributed by atoms with E-state index in [1.807, 2.05) is 30.3 Å².